The van der Waals surface area contributed by atoms with Crippen LogP contribution < -0.4 is 4.74 Å². The fourth-order valence-electron chi connectivity index (χ4n) is 1.70. The Balaban J connectivity index is 3.25. The van der Waals surface area contributed by atoms with Crippen LogP contribution in [0.2, 0.25) is 0 Å². The van der Waals surface area contributed by atoms with E-state index in [1.165, 1.54) is 7.11 Å². The van der Waals surface area contributed by atoms with Crippen molar-refractivity contribution in [2.45, 2.75) is 32.8 Å². The zero-order valence-electron chi connectivity index (χ0n) is 11.6. The van der Waals surface area contributed by atoms with E-state index in [9.17, 15) is 15.0 Å². The summed E-state index contributed by atoms with van der Waals surface area (Å²) in [6, 6.07) is 3.27. The van der Waals surface area contributed by atoms with Crippen LogP contribution in [0.1, 0.15) is 43.9 Å². The van der Waals surface area contributed by atoms with Gasteiger partial charge in [-0.05, 0) is 30.5 Å². The number of carbonyl (C=O) groups excluding carboxylic acids is 1. The molecule has 0 fully saturated rings. The van der Waals surface area contributed by atoms with E-state index < -0.39 is 12.1 Å². The smallest absolute Gasteiger partial charge is 0.339 e. The molecule has 1 aromatic carbocycles. The minimum absolute atomic E-state index is 0.0986. The van der Waals surface area contributed by atoms with E-state index in [2.05, 4.69) is 0 Å². The van der Waals surface area contributed by atoms with E-state index in [4.69, 9.17) is 9.47 Å². The average Bonchev–Trinajstić information content (AvgIpc) is 2.38. The second kappa shape index (κ2) is 6.43. The van der Waals surface area contributed by atoms with E-state index in [-0.39, 0.29) is 29.6 Å². The first-order valence-electron chi connectivity index (χ1n) is 6.17. The number of benzene rings is 1. The maximum atomic E-state index is 11.6. The summed E-state index contributed by atoms with van der Waals surface area (Å²) in [5.74, 6) is -0.639. The van der Waals surface area contributed by atoms with Crippen molar-refractivity contribution in [3.63, 3.8) is 0 Å². The fourth-order valence-corrected chi connectivity index (χ4v) is 1.70. The molecule has 0 amide bonds. The molecule has 0 aliphatic rings. The first-order chi connectivity index (χ1) is 8.92. The normalized spacial score (nSPS) is 12.3. The van der Waals surface area contributed by atoms with Gasteiger partial charge in [-0.2, -0.15) is 0 Å². The summed E-state index contributed by atoms with van der Waals surface area (Å²) in [5.41, 5.74) is 0.953. The topological polar surface area (TPSA) is 76.0 Å². The van der Waals surface area contributed by atoms with Crippen LogP contribution in [0, 0.1) is 0 Å². The van der Waals surface area contributed by atoms with E-state index in [0.29, 0.717) is 0 Å². The van der Waals surface area contributed by atoms with Crippen LogP contribution in [0.15, 0.2) is 12.1 Å². The van der Waals surface area contributed by atoms with Gasteiger partial charge in [0.25, 0.3) is 0 Å². The highest BCUT2D eigenvalue weighted by molar-refractivity contribution is 5.78. The first kappa shape index (κ1) is 15.3. The number of phenols is 1. The molecule has 1 aromatic rings. The summed E-state index contributed by atoms with van der Waals surface area (Å²) < 4.78 is 9.80. The van der Waals surface area contributed by atoms with Crippen LogP contribution in [-0.2, 0) is 9.53 Å². The number of ether oxygens (including phenoxy) is 2. The number of hydrogen-bond donors (Lipinski definition) is 2. The number of aliphatic hydroxyl groups is 1. The first-order valence-corrected chi connectivity index (χ1v) is 6.17. The van der Waals surface area contributed by atoms with E-state index in [0.717, 1.165) is 5.56 Å². The molecule has 5 nitrogen and oxygen atoms in total. The Morgan fingerprint density at radius 3 is 2.47 bits per heavy atom. The lowest BCUT2D eigenvalue weighted by molar-refractivity contribution is -0.153. The lowest BCUT2D eigenvalue weighted by Gasteiger charge is -2.17. The molecule has 0 saturated heterocycles. The van der Waals surface area contributed by atoms with Gasteiger partial charge in [-0.15, -0.1) is 0 Å². The minimum atomic E-state index is -1.52. The van der Waals surface area contributed by atoms with Crippen LogP contribution in [-0.4, -0.2) is 29.9 Å². The number of hydrogen-bond acceptors (Lipinski definition) is 5. The van der Waals surface area contributed by atoms with Gasteiger partial charge in [-0.1, -0.05) is 13.8 Å². The molecule has 1 atom stereocenters. The fraction of sp³-hybridized carbons (Fsp3) is 0.500. The summed E-state index contributed by atoms with van der Waals surface area (Å²) in [4.78, 5) is 11.6. The Bertz CT molecular complexity index is 453. The number of esters is 1. The summed E-state index contributed by atoms with van der Waals surface area (Å²) in [6.07, 6.45) is -1.52. The number of methoxy groups -OCH3 is 1. The van der Waals surface area contributed by atoms with Gasteiger partial charge in [-0.25, -0.2) is 4.79 Å². The lowest BCUT2D eigenvalue weighted by atomic mass is 9.97. The lowest BCUT2D eigenvalue weighted by Crippen LogP contribution is -2.16. The Hall–Kier alpha value is -1.75. The molecule has 0 radical (unpaired) electrons. The Morgan fingerprint density at radius 1 is 1.37 bits per heavy atom. The van der Waals surface area contributed by atoms with E-state index in [1.54, 1.807) is 19.1 Å². The van der Waals surface area contributed by atoms with Crippen molar-refractivity contribution in [1.29, 1.82) is 0 Å². The zero-order valence-corrected chi connectivity index (χ0v) is 11.6. The van der Waals surface area contributed by atoms with Crippen LogP contribution >= 0.6 is 0 Å². The molecule has 1 unspecified atom stereocenters. The van der Waals surface area contributed by atoms with Crippen molar-refractivity contribution in [1.82, 2.24) is 0 Å². The molecule has 0 aliphatic carbocycles. The summed E-state index contributed by atoms with van der Waals surface area (Å²) in [5, 5.41) is 19.9. The van der Waals surface area contributed by atoms with E-state index >= 15 is 0 Å². The van der Waals surface area contributed by atoms with Gasteiger partial charge >= 0.3 is 5.97 Å². The molecule has 5 heteroatoms. The quantitative estimate of drug-likeness (QED) is 0.800. The number of carbonyl (C=O) groups is 1. The van der Waals surface area contributed by atoms with Gasteiger partial charge in [0.2, 0.25) is 0 Å². The monoisotopic (exact) mass is 268 g/mol. The van der Waals surface area contributed by atoms with Gasteiger partial charge in [0, 0.05) is 5.56 Å². The molecule has 0 bridgehead atoms. The van der Waals surface area contributed by atoms with Gasteiger partial charge in [-0.3, -0.25) is 0 Å². The Morgan fingerprint density at radius 2 is 2.00 bits per heavy atom. The molecular weight excluding hydrogens is 248 g/mol. The minimum Gasteiger partial charge on any atom is -0.504 e. The predicted molar refractivity (Wildman–Crippen MR) is 70.3 cm³/mol. The maximum absolute atomic E-state index is 11.6. The van der Waals surface area contributed by atoms with Crippen molar-refractivity contribution in [3.8, 4) is 11.5 Å². The van der Waals surface area contributed by atoms with E-state index in [1.807, 2.05) is 13.8 Å². The van der Waals surface area contributed by atoms with Crippen molar-refractivity contribution < 1.29 is 24.5 Å². The molecule has 1 rings (SSSR count). The average molecular weight is 268 g/mol. The third-order valence-corrected chi connectivity index (χ3v) is 2.82. The molecule has 0 heterocycles. The number of aliphatic hydroxyl groups excluding tert-OH is 1. The molecule has 0 spiro atoms. The van der Waals surface area contributed by atoms with Crippen LogP contribution in [0.3, 0.4) is 0 Å². The SMILES string of the molecule is CCOC(=O)C(O)c1cc(C(C)C)cc(OC)c1O. The summed E-state index contributed by atoms with van der Waals surface area (Å²) >= 11 is 0. The number of rotatable bonds is 5. The van der Waals surface area contributed by atoms with Crippen molar-refractivity contribution in [3.05, 3.63) is 23.3 Å². The molecule has 2 N–H and O–H groups in total. The molecular formula is C14H20O5. The third-order valence-electron chi connectivity index (χ3n) is 2.82. The zero-order chi connectivity index (χ0) is 14.6. The summed E-state index contributed by atoms with van der Waals surface area (Å²) in [6.45, 7) is 5.74. The molecule has 0 aliphatic heterocycles. The van der Waals surface area contributed by atoms with Gasteiger partial charge in [0.05, 0.1) is 13.7 Å². The Kier molecular flexibility index (Phi) is 5.18. The van der Waals surface area contributed by atoms with Crippen LogP contribution in [0.4, 0.5) is 0 Å². The standard InChI is InChI=1S/C14H20O5/c1-5-19-14(17)13(16)10-6-9(8(2)3)7-11(18-4)12(10)15/h6-8,13,15-16H,5H2,1-4H3. The van der Waals surface area contributed by atoms with Gasteiger partial charge in [0.15, 0.2) is 17.6 Å². The van der Waals surface area contributed by atoms with Crippen molar-refractivity contribution in [2.75, 3.05) is 13.7 Å². The third kappa shape index (κ3) is 3.38. The molecule has 19 heavy (non-hydrogen) atoms. The highest BCUT2D eigenvalue weighted by Gasteiger charge is 2.25. The van der Waals surface area contributed by atoms with Gasteiger partial charge in [0.1, 0.15) is 0 Å². The second-order valence-corrected chi connectivity index (χ2v) is 4.47. The van der Waals surface area contributed by atoms with Crippen LogP contribution in [0.25, 0.3) is 0 Å². The van der Waals surface area contributed by atoms with Gasteiger partial charge < -0.3 is 19.7 Å². The van der Waals surface area contributed by atoms with Crippen molar-refractivity contribution >= 4 is 5.97 Å². The molecule has 0 aromatic heterocycles. The highest BCUT2D eigenvalue weighted by atomic mass is 16.5. The Labute approximate surface area is 112 Å². The van der Waals surface area contributed by atoms with Crippen LogP contribution in [0.5, 0.6) is 11.5 Å². The second-order valence-electron chi connectivity index (χ2n) is 4.47. The number of phenolic OH excluding ortho intramolecular Hbond substituents is 1. The van der Waals surface area contributed by atoms with Crippen molar-refractivity contribution in [2.24, 2.45) is 0 Å². The number of aromatic hydroxyl groups is 1. The maximum Gasteiger partial charge on any atom is 0.339 e. The molecule has 106 valence electrons. The largest absolute Gasteiger partial charge is 0.504 e. The summed E-state index contributed by atoms with van der Waals surface area (Å²) in [7, 11) is 1.42. The predicted octanol–water partition coefficient (Wildman–Crippen LogP) is 2.12. The highest BCUT2D eigenvalue weighted by Crippen LogP contribution is 2.37. The molecule has 0 saturated carbocycles.